The van der Waals surface area contributed by atoms with Crippen molar-refractivity contribution in [1.29, 1.82) is 0 Å². The summed E-state index contributed by atoms with van der Waals surface area (Å²) in [6, 6.07) is 1.82. The molecule has 0 saturated carbocycles. The summed E-state index contributed by atoms with van der Waals surface area (Å²) >= 11 is 0. The number of carboxylic acid groups (broad SMARTS) is 1. The van der Waals surface area contributed by atoms with Gasteiger partial charge in [-0.05, 0) is 33.3 Å². The van der Waals surface area contributed by atoms with Crippen LogP contribution in [-0.2, 0) is 16.0 Å². The van der Waals surface area contributed by atoms with Crippen molar-refractivity contribution >= 4 is 11.9 Å². The Kier molecular flexibility index (Phi) is 5.08. The fourth-order valence-electron chi connectivity index (χ4n) is 2.26. The van der Waals surface area contributed by atoms with E-state index in [1.165, 1.54) is 4.68 Å². The number of aliphatic carboxylic acids is 1. The van der Waals surface area contributed by atoms with Crippen molar-refractivity contribution in [2.45, 2.75) is 34.1 Å². The van der Waals surface area contributed by atoms with Gasteiger partial charge in [0.1, 0.15) is 0 Å². The topological polar surface area (TPSA) is 107 Å². The molecule has 8 heteroatoms. The minimum Gasteiger partial charge on any atom is -0.478 e. The molecular weight excluding hydrogens is 312 g/mol. The molecule has 2 aromatic rings. The van der Waals surface area contributed by atoms with Gasteiger partial charge < -0.3 is 9.84 Å². The summed E-state index contributed by atoms with van der Waals surface area (Å²) in [7, 11) is 0. The molecule has 2 rings (SSSR count). The Bertz CT molecular complexity index is 803. The van der Waals surface area contributed by atoms with E-state index in [1.807, 2.05) is 26.8 Å². The number of carbonyl (C=O) groups excluding carboxylic acids is 1. The molecule has 0 saturated heterocycles. The second-order valence-corrected chi connectivity index (χ2v) is 5.18. The molecule has 0 unspecified atom stereocenters. The van der Waals surface area contributed by atoms with Gasteiger partial charge in [-0.15, -0.1) is 0 Å². The molecule has 0 bridgehead atoms. The van der Waals surface area contributed by atoms with Crippen molar-refractivity contribution in [3.8, 4) is 11.8 Å². The molecule has 8 nitrogen and oxygen atoms in total. The number of aryl methyl sites for hydroxylation is 3. The second kappa shape index (κ2) is 7.03. The summed E-state index contributed by atoms with van der Waals surface area (Å²) in [5, 5.41) is 13.0. The van der Waals surface area contributed by atoms with E-state index in [-0.39, 0.29) is 5.88 Å². The Morgan fingerprint density at radius 2 is 1.83 bits per heavy atom. The molecule has 0 aliphatic carbocycles. The zero-order chi connectivity index (χ0) is 17.9. The molecule has 2 aromatic heterocycles. The number of carboxylic acids is 1. The zero-order valence-corrected chi connectivity index (χ0v) is 13.9. The standard InChI is InChI=1S/C16H18N4O4/c1-5-12-11(4)19-20(16-17-9(2)8-10(3)18-16)15(12)24-14(23)7-6-13(21)22/h6-8H,5H2,1-4H3,(H,21,22)/b7-6+. The van der Waals surface area contributed by atoms with Gasteiger partial charge in [0, 0.05) is 29.1 Å². The predicted molar refractivity (Wildman–Crippen MR) is 85.2 cm³/mol. The Morgan fingerprint density at radius 3 is 2.38 bits per heavy atom. The minimum absolute atomic E-state index is 0.194. The zero-order valence-electron chi connectivity index (χ0n) is 13.9. The maximum atomic E-state index is 11.9. The van der Waals surface area contributed by atoms with Crippen molar-refractivity contribution in [3.63, 3.8) is 0 Å². The Balaban J connectivity index is 2.49. The van der Waals surface area contributed by atoms with Gasteiger partial charge in [0.05, 0.1) is 5.69 Å². The third-order valence-electron chi connectivity index (χ3n) is 3.21. The van der Waals surface area contributed by atoms with Gasteiger partial charge in [-0.3, -0.25) is 0 Å². The van der Waals surface area contributed by atoms with E-state index in [2.05, 4.69) is 15.1 Å². The van der Waals surface area contributed by atoms with E-state index >= 15 is 0 Å². The van der Waals surface area contributed by atoms with Crippen LogP contribution in [0.1, 0.15) is 29.6 Å². The van der Waals surface area contributed by atoms with E-state index in [0.29, 0.717) is 18.1 Å². The van der Waals surface area contributed by atoms with Crippen LogP contribution in [0.3, 0.4) is 0 Å². The fourth-order valence-corrected chi connectivity index (χ4v) is 2.26. The minimum atomic E-state index is -1.23. The van der Waals surface area contributed by atoms with E-state index in [4.69, 9.17) is 9.84 Å². The molecule has 126 valence electrons. The van der Waals surface area contributed by atoms with Crippen molar-refractivity contribution in [2.75, 3.05) is 0 Å². The number of hydrogen-bond acceptors (Lipinski definition) is 6. The largest absolute Gasteiger partial charge is 0.478 e. The summed E-state index contributed by atoms with van der Waals surface area (Å²) in [6.07, 6.45) is 2.15. The van der Waals surface area contributed by atoms with Gasteiger partial charge in [0.2, 0.25) is 5.88 Å². The van der Waals surface area contributed by atoms with E-state index in [0.717, 1.165) is 29.1 Å². The van der Waals surface area contributed by atoms with Crippen molar-refractivity contribution < 1.29 is 19.4 Å². The number of nitrogens with zero attached hydrogens (tertiary/aromatic N) is 4. The monoisotopic (exact) mass is 330 g/mol. The smallest absolute Gasteiger partial charge is 0.337 e. The third kappa shape index (κ3) is 3.83. The molecular formula is C16H18N4O4. The highest BCUT2D eigenvalue weighted by Crippen LogP contribution is 2.25. The highest BCUT2D eigenvalue weighted by Gasteiger charge is 2.20. The van der Waals surface area contributed by atoms with Gasteiger partial charge >= 0.3 is 11.9 Å². The Labute approximate surface area is 138 Å². The summed E-state index contributed by atoms with van der Waals surface area (Å²) in [6.45, 7) is 7.36. The Hall–Kier alpha value is -3.03. The number of rotatable bonds is 5. The average molecular weight is 330 g/mol. The van der Waals surface area contributed by atoms with Crippen LogP contribution in [-0.4, -0.2) is 36.8 Å². The first-order valence-corrected chi connectivity index (χ1v) is 7.35. The van der Waals surface area contributed by atoms with Crippen LogP contribution in [0.5, 0.6) is 5.88 Å². The Morgan fingerprint density at radius 1 is 1.21 bits per heavy atom. The van der Waals surface area contributed by atoms with Gasteiger partial charge in [0.15, 0.2) is 0 Å². The SMILES string of the molecule is CCc1c(C)nn(-c2nc(C)cc(C)n2)c1OC(=O)/C=C/C(=O)O. The normalized spacial score (nSPS) is 11.0. The third-order valence-corrected chi connectivity index (χ3v) is 3.21. The number of hydrogen-bond donors (Lipinski definition) is 1. The van der Waals surface area contributed by atoms with Crippen LogP contribution in [0.25, 0.3) is 5.95 Å². The van der Waals surface area contributed by atoms with E-state index in [9.17, 15) is 9.59 Å². The lowest BCUT2D eigenvalue weighted by atomic mass is 10.2. The summed E-state index contributed by atoms with van der Waals surface area (Å²) in [5.74, 6) is -1.55. The number of esters is 1. The van der Waals surface area contributed by atoms with Crippen LogP contribution in [0.4, 0.5) is 0 Å². The molecule has 0 aromatic carbocycles. The molecule has 0 atom stereocenters. The maximum absolute atomic E-state index is 11.9. The molecule has 0 fully saturated rings. The van der Waals surface area contributed by atoms with Crippen LogP contribution in [0.2, 0.25) is 0 Å². The first-order chi connectivity index (χ1) is 11.3. The molecule has 0 aliphatic heterocycles. The van der Waals surface area contributed by atoms with Crippen LogP contribution >= 0.6 is 0 Å². The summed E-state index contributed by atoms with van der Waals surface area (Å²) in [4.78, 5) is 31.0. The van der Waals surface area contributed by atoms with Gasteiger partial charge in [-0.2, -0.15) is 9.78 Å². The molecule has 0 spiro atoms. The first-order valence-electron chi connectivity index (χ1n) is 7.35. The van der Waals surface area contributed by atoms with Gasteiger partial charge in [0.25, 0.3) is 5.95 Å². The molecule has 0 amide bonds. The highest BCUT2D eigenvalue weighted by atomic mass is 16.5. The lowest BCUT2D eigenvalue weighted by molar-refractivity contribution is -0.133. The second-order valence-electron chi connectivity index (χ2n) is 5.18. The van der Waals surface area contributed by atoms with Crippen molar-refractivity contribution in [3.05, 3.63) is 40.9 Å². The van der Waals surface area contributed by atoms with Gasteiger partial charge in [-0.1, -0.05) is 6.92 Å². The highest BCUT2D eigenvalue weighted by molar-refractivity contribution is 5.91. The van der Waals surface area contributed by atoms with E-state index in [1.54, 1.807) is 6.92 Å². The summed E-state index contributed by atoms with van der Waals surface area (Å²) in [5.41, 5.74) is 2.93. The molecule has 0 radical (unpaired) electrons. The lowest BCUT2D eigenvalue weighted by Gasteiger charge is -2.08. The van der Waals surface area contributed by atoms with Crippen LogP contribution in [0, 0.1) is 20.8 Å². The first kappa shape index (κ1) is 17.3. The summed E-state index contributed by atoms with van der Waals surface area (Å²) < 4.78 is 6.67. The fraction of sp³-hybridized carbons (Fsp3) is 0.312. The quantitative estimate of drug-likeness (QED) is 0.656. The van der Waals surface area contributed by atoms with Crippen molar-refractivity contribution in [2.24, 2.45) is 0 Å². The predicted octanol–water partition coefficient (Wildman–Crippen LogP) is 1.70. The van der Waals surface area contributed by atoms with Gasteiger partial charge in [-0.25, -0.2) is 19.6 Å². The lowest BCUT2D eigenvalue weighted by Crippen LogP contribution is -2.13. The van der Waals surface area contributed by atoms with Crippen LogP contribution in [0.15, 0.2) is 18.2 Å². The molecule has 1 N–H and O–H groups in total. The molecule has 24 heavy (non-hydrogen) atoms. The molecule has 2 heterocycles. The van der Waals surface area contributed by atoms with E-state index < -0.39 is 11.9 Å². The molecule has 0 aliphatic rings. The maximum Gasteiger partial charge on any atom is 0.337 e. The average Bonchev–Trinajstić information content (AvgIpc) is 2.80. The number of carbonyl (C=O) groups is 2. The van der Waals surface area contributed by atoms with Crippen LogP contribution < -0.4 is 4.74 Å². The number of aromatic nitrogens is 4. The number of ether oxygens (including phenoxy) is 1. The van der Waals surface area contributed by atoms with Crippen molar-refractivity contribution in [1.82, 2.24) is 19.7 Å².